The molecular weight excluding hydrogens is 184 g/mol. The van der Waals surface area contributed by atoms with Crippen molar-refractivity contribution in [2.45, 2.75) is 26.3 Å². The van der Waals surface area contributed by atoms with E-state index in [2.05, 4.69) is 0 Å². The van der Waals surface area contributed by atoms with E-state index in [0.717, 1.165) is 0 Å². The number of carboxylic acids is 1. The molecule has 0 unspecified atom stereocenters. The number of carboxylic acid groups (broad SMARTS) is 1. The number of nitrogens with zero attached hydrogens (tertiary/aromatic N) is 1. The Bertz CT molecular complexity index is 240. The van der Waals surface area contributed by atoms with E-state index in [1.807, 2.05) is 0 Å². The molecule has 0 aromatic carbocycles. The lowest BCUT2D eigenvalue weighted by Crippen LogP contribution is -2.57. The van der Waals surface area contributed by atoms with Crippen LogP contribution in [0.15, 0.2) is 0 Å². The topological polar surface area (TPSA) is 83.6 Å². The first-order chi connectivity index (χ1) is 6.28. The maximum atomic E-state index is 11.3. The van der Waals surface area contributed by atoms with Crippen LogP contribution in [0.3, 0.4) is 0 Å². The van der Waals surface area contributed by atoms with Gasteiger partial charge in [0.25, 0.3) is 0 Å². The van der Waals surface area contributed by atoms with Gasteiger partial charge in [-0.05, 0) is 12.8 Å². The van der Waals surface area contributed by atoms with E-state index in [1.54, 1.807) is 13.8 Å². The first-order valence-corrected chi connectivity index (χ1v) is 4.48. The highest BCUT2D eigenvalue weighted by Gasteiger charge is 2.42. The van der Waals surface area contributed by atoms with Gasteiger partial charge < -0.3 is 15.7 Å². The van der Waals surface area contributed by atoms with E-state index in [0.29, 0.717) is 0 Å². The largest absolute Gasteiger partial charge is 0.479 e. The summed E-state index contributed by atoms with van der Waals surface area (Å²) in [7, 11) is 1.46. The minimum Gasteiger partial charge on any atom is -0.479 e. The predicted octanol–water partition coefficient (Wildman–Crippen LogP) is -0.0972. The molecule has 1 atom stereocenters. The Labute approximate surface area is 83.9 Å². The average molecular weight is 202 g/mol. The number of hydrogen-bond acceptors (Lipinski definition) is 3. The van der Waals surface area contributed by atoms with Crippen LogP contribution in [0.4, 0.5) is 0 Å². The van der Waals surface area contributed by atoms with Gasteiger partial charge in [-0.25, -0.2) is 4.79 Å². The normalized spacial score (nSPS) is 15.0. The van der Waals surface area contributed by atoms with Crippen LogP contribution in [0, 0.1) is 5.92 Å². The number of rotatable bonds is 4. The number of hydrogen-bond donors (Lipinski definition) is 2. The number of nitrogens with two attached hydrogens (primary N) is 1. The first kappa shape index (κ1) is 12.9. The standard InChI is InChI=1S/C9H18N2O3/c1-6(2)9(3,8(13)14)11(4)7(12)5-10/h6H,5,10H2,1-4H3,(H,13,14)/t9-/m0/s1. The fourth-order valence-corrected chi connectivity index (χ4v) is 1.17. The Hall–Kier alpha value is -1.10. The van der Waals surface area contributed by atoms with Gasteiger partial charge in [-0.1, -0.05) is 13.8 Å². The smallest absolute Gasteiger partial charge is 0.329 e. The first-order valence-electron chi connectivity index (χ1n) is 4.48. The Morgan fingerprint density at radius 3 is 2.14 bits per heavy atom. The van der Waals surface area contributed by atoms with Gasteiger partial charge in [-0.3, -0.25) is 4.79 Å². The van der Waals surface area contributed by atoms with Crippen LogP contribution in [-0.2, 0) is 9.59 Å². The average Bonchev–Trinajstić information content (AvgIpc) is 2.13. The minimum atomic E-state index is -1.20. The van der Waals surface area contributed by atoms with Crippen LogP contribution in [-0.4, -0.2) is 41.0 Å². The Balaban J connectivity index is 5.02. The van der Waals surface area contributed by atoms with E-state index in [4.69, 9.17) is 10.8 Å². The molecule has 0 aliphatic rings. The summed E-state index contributed by atoms with van der Waals surface area (Å²) in [6.45, 7) is 4.86. The quantitative estimate of drug-likeness (QED) is 0.667. The summed E-state index contributed by atoms with van der Waals surface area (Å²) >= 11 is 0. The molecule has 0 spiro atoms. The Kier molecular flexibility index (Phi) is 4.07. The van der Waals surface area contributed by atoms with E-state index < -0.39 is 11.5 Å². The van der Waals surface area contributed by atoms with Crippen molar-refractivity contribution >= 4 is 11.9 Å². The highest BCUT2D eigenvalue weighted by Crippen LogP contribution is 2.23. The maximum Gasteiger partial charge on any atom is 0.329 e. The zero-order chi connectivity index (χ0) is 11.5. The van der Waals surface area contributed by atoms with Crippen molar-refractivity contribution in [1.82, 2.24) is 4.90 Å². The predicted molar refractivity (Wildman–Crippen MR) is 52.7 cm³/mol. The fourth-order valence-electron chi connectivity index (χ4n) is 1.17. The molecule has 5 nitrogen and oxygen atoms in total. The Morgan fingerprint density at radius 1 is 1.50 bits per heavy atom. The van der Waals surface area contributed by atoms with Crippen molar-refractivity contribution in [2.24, 2.45) is 11.7 Å². The molecule has 1 amide bonds. The summed E-state index contributed by atoms with van der Waals surface area (Å²) in [4.78, 5) is 23.6. The third-order valence-corrected chi connectivity index (χ3v) is 2.80. The number of aliphatic carboxylic acids is 1. The molecule has 0 radical (unpaired) electrons. The van der Waals surface area contributed by atoms with E-state index in [9.17, 15) is 9.59 Å². The van der Waals surface area contributed by atoms with Gasteiger partial charge in [0.15, 0.2) is 0 Å². The second-order valence-electron chi connectivity index (χ2n) is 3.76. The van der Waals surface area contributed by atoms with E-state index in [1.165, 1.54) is 18.9 Å². The number of carbonyl (C=O) groups is 2. The number of amides is 1. The van der Waals surface area contributed by atoms with Gasteiger partial charge in [0.05, 0.1) is 6.54 Å². The van der Waals surface area contributed by atoms with Crippen molar-refractivity contribution in [3.8, 4) is 0 Å². The third kappa shape index (κ3) is 2.04. The minimum absolute atomic E-state index is 0.175. The van der Waals surface area contributed by atoms with Crippen LogP contribution in [0.2, 0.25) is 0 Å². The summed E-state index contributed by atoms with van der Waals surface area (Å²) in [6, 6.07) is 0. The van der Waals surface area contributed by atoms with Crippen molar-refractivity contribution in [2.75, 3.05) is 13.6 Å². The molecule has 3 N–H and O–H groups in total. The summed E-state index contributed by atoms with van der Waals surface area (Å²) in [5.41, 5.74) is 3.99. The summed E-state index contributed by atoms with van der Waals surface area (Å²) in [5, 5.41) is 9.08. The third-order valence-electron chi connectivity index (χ3n) is 2.80. The molecule has 5 heteroatoms. The van der Waals surface area contributed by atoms with Crippen LogP contribution >= 0.6 is 0 Å². The molecule has 0 saturated heterocycles. The molecule has 0 saturated carbocycles. The lowest BCUT2D eigenvalue weighted by molar-refractivity contribution is -0.159. The van der Waals surface area contributed by atoms with Crippen molar-refractivity contribution < 1.29 is 14.7 Å². The molecular formula is C9H18N2O3. The second-order valence-corrected chi connectivity index (χ2v) is 3.76. The van der Waals surface area contributed by atoms with Crippen molar-refractivity contribution in [3.63, 3.8) is 0 Å². The summed E-state index contributed by atoms with van der Waals surface area (Å²) in [5.74, 6) is -1.57. The van der Waals surface area contributed by atoms with Crippen LogP contribution in [0.1, 0.15) is 20.8 Å². The van der Waals surface area contributed by atoms with Gasteiger partial charge in [0.2, 0.25) is 5.91 Å². The zero-order valence-corrected chi connectivity index (χ0v) is 9.07. The lowest BCUT2D eigenvalue weighted by Gasteiger charge is -2.38. The lowest BCUT2D eigenvalue weighted by atomic mass is 9.87. The zero-order valence-electron chi connectivity index (χ0n) is 9.07. The van der Waals surface area contributed by atoms with Crippen LogP contribution < -0.4 is 5.73 Å². The maximum absolute atomic E-state index is 11.3. The van der Waals surface area contributed by atoms with Gasteiger partial charge in [-0.2, -0.15) is 0 Å². The SMILES string of the molecule is CC(C)[C@@](C)(C(=O)O)N(C)C(=O)CN. The molecule has 0 bridgehead atoms. The molecule has 0 rings (SSSR count). The van der Waals surface area contributed by atoms with Crippen LogP contribution in [0.25, 0.3) is 0 Å². The highest BCUT2D eigenvalue weighted by atomic mass is 16.4. The Morgan fingerprint density at radius 2 is 1.93 bits per heavy atom. The molecule has 0 heterocycles. The van der Waals surface area contributed by atoms with E-state index in [-0.39, 0.29) is 18.4 Å². The molecule has 14 heavy (non-hydrogen) atoms. The van der Waals surface area contributed by atoms with Crippen LogP contribution in [0.5, 0.6) is 0 Å². The molecule has 0 aromatic rings. The monoisotopic (exact) mass is 202 g/mol. The molecule has 0 aliphatic carbocycles. The van der Waals surface area contributed by atoms with Gasteiger partial charge >= 0.3 is 5.97 Å². The fraction of sp³-hybridized carbons (Fsp3) is 0.778. The molecule has 0 aromatic heterocycles. The summed E-state index contributed by atoms with van der Waals surface area (Å²) in [6.07, 6.45) is 0. The molecule has 82 valence electrons. The van der Waals surface area contributed by atoms with Gasteiger partial charge in [-0.15, -0.1) is 0 Å². The van der Waals surface area contributed by atoms with Gasteiger partial charge in [0.1, 0.15) is 5.54 Å². The van der Waals surface area contributed by atoms with Gasteiger partial charge in [0, 0.05) is 7.05 Å². The second kappa shape index (κ2) is 4.41. The summed E-state index contributed by atoms with van der Waals surface area (Å²) < 4.78 is 0. The highest BCUT2D eigenvalue weighted by molar-refractivity contribution is 5.87. The number of likely N-dealkylation sites (N-methyl/N-ethyl adjacent to an activating group) is 1. The van der Waals surface area contributed by atoms with Crippen molar-refractivity contribution in [3.05, 3.63) is 0 Å². The molecule has 0 aliphatic heterocycles. The van der Waals surface area contributed by atoms with Crippen molar-refractivity contribution in [1.29, 1.82) is 0 Å². The molecule has 0 fully saturated rings. The van der Waals surface area contributed by atoms with E-state index >= 15 is 0 Å². The number of carbonyl (C=O) groups excluding carboxylic acids is 1.